The molecular formula is C18H24N4O3. The average Bonchev–Trinajstić information content (AvgIpc) is 2.56. The molecule has 0 fully saturated rings. The van der Waals surface area contributed by atoms with E-state index < -0.39 is 0 Å². The molecule has 0 aliphatic carbocycles. The average molecular weight is 344 g/mol. The molecule has 0 saturated carbocycles. The van der Waals surface area contributed by atoms with E-state index in [1.807, 2.05) is 26.0 Å². The number of aryl methyl sites for hydroxylation is 1. The molecule has 0 aliphatic rings. The van der Waals surface area contributed by atoms with Gasteiger partial charge in [-0.15, -0.1) is 0 Å². The smallest absolute Gasteiger partial charge is 0.274 e. The molecule has 2 N–H and O–H groups in total. The van der Waals surface area contributed by atoms with E-state index >= 15 is 0 Å². The molecule has 1 aromatic carbocycles. The summed E-state index contributed by atoms with van der Waals surface area (Å²) < 4.78 is 10.6. The summed E-state index contributed by atoms with van der Waals surface area (Å²) in [5.41, 5.74) is 0.973. The van der Waals surface area contributed by atoms with Crippen LogP contribution in [0.4, 0.5) is 11.5 Å². The number of ether oxygens (including phenoxy) is 2. The minimum atomic E-state index is -0.294. The van der Waals surface area contributed by atoms with Crippen molar-refractivity contribution in [2.24, 2.45) is 0 Å². The number of nitrogens with zero attached hydrogens (tertiary/aromatic N) is 2. The lowest BCUT2D eigenvalue weighted by Crippen LogP contribution is -2.16. The number of rotatable bonds is 8. The highest BCUT2D eigenvalue weighted by atomic mass is 16.5. The van der Waals surface area contributed by atoms with Gasteiger partial charge in [-0.2, -0.15) is 0 Å². The van der Waals surface area contributed by atoms with Crippen LogP contribution in [-0.2, 0) is 4.74 Å². The van der Waals surface area contributed by atoms with E-state index in [-0.39, 0.29) is 12.0 Å². The van der Waals surface area contributed by atoms with Gasteiger partial charge in [0, 0.05) is 25.4 Å². The summed E-state index contributed by atoms with van der Waals surface area (Å²) in [5.74, 6) is 1.58. The molecule has 1 heterocycles. The van der Waals surface area contributed by atoms with E-state index in [9.17, 15) is 4.79 Å². The number of hydrogen-bond acceptors (Lipinski definition) is 6. The largest absolute Gasteiger partial charge is 0.491 e. The second-order valence-corrected chi connectivity index (χ2v) is 5.75. The topological polar surface area (TPSA) is 85.4 Å². The lowest BCUT2D eigenvalue weighted by molar-refractivity contribution is 0.102. The van der Waals surface area contributed by atoms with Crippen molar-refractivity contribution in [1.29, 1.82) is 0 Å². The number of nitrogens with one attached hydrogen (secondary N) is 2. The van der Waals surface area contributed by atoms with Crippen molar-refractivity contribution in [1.82, 2.24) is 9.97 Å². The molecule has 0 unspecified atom stereocenters. The SMILES string of the molecule is COCCNc1cc(C(=O)Nc2ccc(OC(C)C)cc2)nc(C)n1. The van der Waals surface area contributed by atoms with Crippen LogP contribution in [0.25, 0.3) is 0 Å². The van der Waals surface area contributed by atoms with Crippen molar-refractivity contribution in [3.63, 3.8) is 0 Å². The Kier molecular flexibility index (Phi) is 6.71. The highest BCUT2D eigenvalue weighted by molar-refractivity contribution is 6.03. The second-order valence-electron chi connectivity index (χ2n) is 5.75. The predicted molar refractivity (Wildman–Crippen MR) is 97.3 cm³/mol. The molecule has 2 aromatic rings. The Balaban J connectivity index is 2.04. The number of hydrogen-bond donors (Lipinski definition) is 2. The van der Waals surface area contributed by atoms with Gasteiger partial charge >= 0.3 is 0 Å². The molecule has 2 rings (SSSR count). The number of amides is 1. The Morgan fingerprint density at radius 3 is 2.56 bits per heavy atom. The highest BCUT2D eigenvalue weighted by Gasteiger charge is 2.11. The lowest BCUT2D eigenvalue weighted by atomic mass is 10.2. The fourth-order valence-corrected chi connectivity index (χ4v) is 2.14. The van der Waals surface area contributed by atoms with E-state index in [1.54, 1.807) is 32.2 Å². The van der Waals surface area contributed by atoms with Gasteiger partial charge in [0.15, 0.2) is 0 Å². The van der Waals surface area contributed by atoms with Crippen molar-refractivity contribution >= 4 is 17.4 Å². The number of benzene rings is 1. The fourth-order valence-electron chi connectivity index (χ4n) is 2.14. The van der Waals surface area contributed by atoms with Crippen LogP contribution in [0.15, 0.2) is 30.3 Å². The maximum atomic E-state index is 12.4. The maximum Gasteiger partial charge on any atom is 0.274 e. The maximum absolute atomic E-state index is 12.4. The summed E-state index contributed by atoms with van der Waals surface area (Å²) in [4.78, 5) is 20.9. The zero-order valence-corrected chi connectivity index (χ0v) is 15.0. The molecule has 7 heteroatoms. The normalized spacial score (nSPS) is 10.6. The summed E-state index contributed by atoms with van der Waals surface area (Å²) in [7, 11) is 1.63. The molecule has 0 aliphatic heterocycles. The molecule has 134 valence electrons. The Bertz CT molecular complexity index is 702. The molecule has 0 saturated heterocycles. The van der Waals surface area contributed by atoms with Crippen LogP contribution in [0.3, 0.4) is 0 Å². The standard InChI is InChI=1S/C18H24N4O3/c1-12(2)25-15-7-5-14(6-8-15)22-18(23)16-11-17(19-9-10-24-4)21-13(3)20-16/h5-8,11-12H,9-10H2,1-4H3,(H,22,23)(H,19,20,21). The molecule has 0 bridgehead atoms. The molecule has 0 spiro atoms. The summed E-state index contributed by atoms with van der Waals surface area (Å²) >= 11 is 0. The van der Waals surface area contributed by atoms with Crippen LogP contribution in [0.5, 0.6) is 5.75 Å². The first-order valence-electron chi connectivity index (χ1n) is 8.14. The van der Waals surface area contributed by atoms with Gasteiger partial charge in [-0.25, -0.2) is 9.97 Å². The number of anilines is 2. The van der Waals surface area contributed by atoms with E-state index in [1.165, 1.54) is 0 Å². The first-order valence-corrected chi connectivity index (χ1v) is 8.14. The van der Waals surface area contributed by atoms with Gasteiger partial charge in [0.2, 0.25) is 0 Å². The van der Waals surface area contributed by atoms with Crippen molar-refractivity contribution < 1.29 is 14.3 Å². The minimum Gasteiger partial charge on any atom is -0.491 e. The van der Waals surface area contributed by atoms with E-state index in [0.29, 0.717) is 36.2 Å². The highest BCUT2D eigenvalue weighted by Crippen LogP contribution is 2.18. The third kappa shape index (κ3) is 6.04. The van der Waals surface area contributed by atoms with Crippen molar-refractivity contribution in [3.8, 4) is 5.75 Å². The first-order chi connectivity index (χ1) is 12.0. The van der Waals surface area contributed by atoms with Gasteiger partial charge < -0.3 is 20.1 Å². The van der Waals surface area contributed by atoms with Gasteiger partial charge in [-0.1, -0.05) is 0 Å². The molecule has 25 heavy (non-hydrogen) atoms. The van der Waals surface area contributed by atoms with Gasteiger partial charge in [-0.3, -0.25) is 4.79 Å². The lowest BCUT2D eigenvalue weighted by Gasteiger charge is -2.11. The van der Waals surface area contributed by atoms with Crippen LogP contribution >= 0.6 is 0 Å². The molecule has 0 radical (unpaired) electrons. The van der Waals surface area contributed by atoms with Crippen molar-refractivity contribution in [3.05, 3.63) is 41.9 Å². The Morgan fingerprint density at radius 2 is 1.92 bits per heavy atom. The fraction of sp³-hybridized carbons (Fsp3) is 0.389. The van der Waals surface area contributed by atoms with E-state index in [4.69, 9.17) is 9.47 Å². The van der Waals surface area contributed by atoms with E-state index in [2.05, 4.69) is 20.6 Å². The predicted octanol–water partition coefficient (Wildman–Crippen LogP) is 2.88. The molecule has 0 atom stereocenters. The Labute approximate surface area is 147 Å². The number of carbonyl (C=O) groups is 1. The zero-order chi connectivity index (χ0) is 18.2. The van der Waals surface area contributed by atoms with Crippen LogP contribution in [-0.4, -0.2) is 42.2 Å². The summed E-state index contributed by atoms with van der Waals surface area (Å²) in [6, 6.07) is 8.84. The molecule has 1 aromatic heterocycles. The minimum absolute atomic E-state index is 0.105. The van der Waals surface area contributed by atoms with Crippen LogP contribution in [0, 0.1) is 6.92 Å². The van der Waals surface area contributed by atoms with Crippen LogP contribution in [0.1, 0.15) is 30.2 Å². The third-order valence-corrected chi connectivity index (χ3v) is 3.17. The number of methoxy groups -OCH3 is 1. The van der Waals surface area contributed by atoms with Crippen LogP contribution in [0.2, 0.25) is 0 Å². The van der Waals surface area contributed by atoms with Gasteiger partial charge in [0.05, 0.1) is 12.7 Å². The quantitative estimate of drug-likeness (QED) is 0.716. The van der Waals surface area contributed by atoms with Crippen molar-refractivity contribution in [2.45, 2.75) is 26.9 Å². The van der Waals surface area contributed by atoms with Crippen molar-refractivity contribution in [2.75, 3.05) is 30.9 Å². The first kappa shape index (κ1) is 18.7. The Hall–Kier alpha value is -2.67. The van der Waals surface area contributed by atoms with Gasteiger partial charge in [0.1, 0.15) is 23.1 Å². The second kappa shape index (κ2) is 8.98. The van der Waals surface area contributed by atoms with Crippen LogP contribution < -0.4 is 15.4 Å². The third-order valence-electron chi connectivity index (χ3n) is 3.17. The monoisotopic (exact) mass is 344 g/mol. The summed E-state index contributed by atoms with van der Waals surface area (Å²) in [5, 5.41) is 5.92. The number of carbonyl (C=O) groups excluding carboxylic acids is 1. The Morgan fingerprint density at radius 1 is 1.20 bits per heavy atom. The van der Waals surface area contributed by atoms with Gasteiger partial charge in [-0.05, 0) is 45.0 Å². The molecule has 7 nitrogen and oxygen atoms in total. The van der Waals surface area contributed by atoms with E-state index in [0.717, 1.165) is 5.75 Å². The summed E-state index contributed by atoms with van der Waals surface area (Å²) in [6.07, 6.45) is 0.105. The van der Waals surface area contributed by atoms with Gasteiger partial charge in [0.25, 0.3) is 5.91 Å². The molecular weight excluding hydrogens is 320 g/mol. The molecule has 1 amide bonds. The number of aromatic nitrogens is 2. The summed E-state index contributed by atoms with van der Waals surface area (Å²) in [6.45, 7) is 6.83. The zero-order valence-electron chi connectivity index (χ0n) is 15.0.